The molecule has 0 N–H and O–H groups in total. The SMILES string of the molecule is CC(C)CC(C)OCC(=O)C1CCCC1. The lowest BCUT2D eigenvalue weighted by molar-refractivity contribution is -0.129. The highest BCUT2D eigenvalue weighted by molar-refractivity contribution is 5.82. The van der Waals surface area contributed by atoms with Gasteiger partial charge in [-0.2, -0.15) is 0 Å². The minimum absolute atomic E-state index is 0.218. The van der Waals surface area contributed by atoms with Gasteiger partial charge in [-0.05, 0) is 32.1 Å². The van der Waals surface area contributed by atoms with Crippen LogP contribution in [0.5, 0.6) is 0 Å². The van der Waals surface area contributed by atoms with E-state index in [-0.39, 0.29) is 6.10 Å². The lowest BCUT2D eigenvalue weighted by Gasteiger charge is -2.16. The first-order valence-corrected chi connectivity index (χ1v) is 6.24. The van der Waals surface area contributed by atoms with Gasteiger partial charge in [0.05, 0.1) is 6.10 Å². The van der Waals surface area contributed by atoms with Crippen molar-refractivity contribution < 1.29 is 9.53 Å². The second-order valence-electron chi connectivity index (χ2n) is 5.20. The first-order valence-electron chi connectivity index (χ1n) is 6.24. The Morgan fingerprint density at radius 2 is 1.87 bits per heavy atom. The Hall–Kier alpha value is -0.370. The van der Waals surface area contributed by atoms with Crippen LogP contribution in [0.15, 0.2) is 0 Å². The Morgan fingerprint density at radius 3 is 2.40 bits per heavy atom. The van der Waals surface area contributed by atoms with E-state index >= 15 is 0 Å². The molecule has 0 spiro atoms. The van der Waals surface area contributed by atoms with Crippen LogP contribution in [0.2, 0.25) is 0 Å². The Balaban J connectivity index is 2.15. The van der Waals surface area contributed by atoms with E-state index in [1.165, 1.54) is 12.8 Å². The summed E-state index contributed by atoms with van der Waals surface area (Å²) in [4.78, 5) is 11.7. The van der Waals surface area contributed by atoms with Gasteiger partial charge in [0.25, 0.3) is 0 Å². The molecule has 0 aliphatic heterocycles. The molecule has 1 aliphatic rings. The molecule has 0 bridgehead atoms. The lowest BCUT2D eigenvalue weighted by Crippen LogP contribution is -2.21. The number of hydrogen-bond donors (Lipinski definition) is 0. The molecule has 1 atom stereocenters. The van der Waals surface area contributed by atoms with Crippen molar-refractivity contribution in [2.75, 3.05) is 6.61 Å². The zero-order valence-corrected chi connectivity index (χ0v) is 10.3. The van der Waals surface area contributed by atoms with E-state index < -0.39 is 0 Å². The lowest BCUT2D eigenvalue weighted by atomic mass is 10.0. The molecule has 1 unspecified atom stereocenters. The van der Waals surface area contributed by atoms with Crippen LogP contribution in [-0.4, -0.2) is 18.5 Å². The van der Waals surface area contributed by atoms with Gasteiger partial charge in [-0.15, -0.1) is 0 Å². The normalized spacial score (nSPS) is 19.7. The molecule has 15 heavy (non-hydrogen) atoms. The molecule has 0 aromatic heterocycles. The fraction of sp³-hybridized carbons (Fsp3) is 0.923. The predicted octanol–water partition coefficient (Wildman–Crippen LogP) is 3.20. The van der Waals surface area contributed by atoms with Gasteiger partial charge in [0.1, 0.15) is 6.61 Å². The molecule has 2 nitrogen and oxygen atoms in total. The summed E-state index contributed by atoms with van der Waals surface area (Å²) in [5.74, 6) is 1.26. The van der Waals surface area contributed by atoms with Gasteiger partial charge >= 0.3 is 0 Å². The molecule has 2 heteroatoms. The van der Waals surface area contributed by atoms with E-state index in [1.807, 2.05) is 0 Å². The summed E-state index contributed by atoms with van der Waals surface area (Å²) in [5, 5.41) is 0. The predicted molar refractivity (Wildman–Crippen MR) is 61.8 cm³/mol. The highest BCUT2D eigenvalue weighted by atomic mass is 16.5. The third kappa shape index (κ3) is 4.78. The van der Waals surface area contributed by atoms with Gasteiger partial charge in [0, 0.05) is 5.92 Å². The van der Waals surface area contributed by atoms with Crippen LogP contribution in [0.4, 0.5) is 0 Å². The van der Waals surface area contributed by atoms with Crippen LogP contribution < -0.4 is 0 Å². The van der Waals surface area contributed by atoms with Crippen molar-refractivity contribution >= 4 is 5.78 Å². The largest absolute Gasteiger partial charge is 0.371 e. The average Bonchev–Trinajstić information content (AvgIpc) is 2.65. The average molecular weight is 212 g/mol. The van der Waals surface area contributed by atoms with Gasteiger partial charge in [0.15, 0.2) is 5.78 Å². The Kier molecular flexibility index (Phi) is 5.30. The highest BCUT2D eigenvalue weighted by Gasteiger charge is 2.22. The molecule has 1 rings (SSSR count). The van der Waals surface area contributed by atoms with Crippen molar-refractivity contribution in [1.82, 2.24) is 0 Å². The van der Waals surface area contributed by atoms with Crippen LogP contribution in [0.1, 0.15) is 52.9 Å². The van der Waals surface area contributed by atoms with Crippen LogP contribution in [-0.2, 0) is 9.53 Å². The molecule has 0 saturated heterocycles. The number of hydrogen-bond acceptors (Lipinski definition) is 2. The maximum atomic E-state index is 11.7. The Bertz CT molecular complexity index is 193. The minimum Gasteiger partial charge on any atom is -0.371 e. The molecule has 1 fully saturated rings. The summed E-state index contributed by atoms with van der Waals surface area (Å²) >= 11 is 0. The van der Waals surface area contributed by atoms with Gasteiger partial charge in [0.2, 0.25) is 0 Å². The first-order chi connectivity index (χ1) is 7.09. The Morgan fingerprint density at radius 1 is 1.27 bits per heavy atom. The summed E-state index contributed by atoms with van der Waals surface area (Å²) in [6.07, 6.45) is 5.87. The third-order valence-corrected chi connectivity index (χ3v) is 3.12. The summed E-state index contributed by atoms with van der Waals surface area (Å²) in [7, 11) is 0. The van der Waals surface area contributed by atoms with Crippen molar-refractivity contribution in [3.63, 3.8) is 0 Å². The number of ether oxygens (including phenoxy) is 1. The van der Waals surface area contributed by atoms with E-state index in [2.05, 4.69) is 20.8 Å². The number of Topliss-reactive ketones (excluding diaryl/α,β-unsaturated/α-hetero) is 1. The van der Waals surface area contributed by atoms with Crippen LogP contribution in [0.25, 0.3) is 0 Å². The maximum Gasteiger partial charge on any atom is 0.161 e. The fourth-order valence-electron chi connectivity index (χ4n) is 2.32. The second kappa shape index (κ2) is 6.26. The van der Waals surface area contributed by atoms with Gasteiger partial charge in [-0.3, -0.25) is 4.79 Å². The third-order valence-electron chi connectivity index (χ3n) is 3.12. The molecular weight excluding hydrogens is 188 g/mol. The van der Waals surface area contributed by atoms with E-state index in [4.69, 9.17) is 4.74 Å². The van der Waals surface area contributed by atoms with E-state index in [0.717, 1.165) is 19.3 Å². The van der Waals surface area contributed by atoms with E-state index in [0.29, 0.717) is 24.2 Å². The van der Waals surface area contributed by atoms with E-state index in [9.17, 15) is 4.79 Å². The van der Waals surface area contributed by atoms with Crippen LogP contribution >= 0.6 is 0 Å². The quantitative estimate of drug-likeness (QED) is 0.676. The van der Waals surface area contributed by atoms with E-state index in [1.54, 1.807) is 0 Å². The molecule has 0 aromatic carbocycles. The molecule has 0 amide bonds. The van der Waals surface area contributed by atoms with Crippen LogP contribution in [0.3, 0.4) is 0 Å². The number of carbonyl (C=O) groups is 1. The second-order valence-corrected chi connectivity index (χ2v) is 5.20. The highest BCUT2D eigenvalue weighted by Crippen LogP contribution is 2.25. The molecular formula is C13H24O2. The summed E-state index contributed by atoms with van der Waals surface area (Å²) < 4.78 is 5.58. The first kappa shape index (κ1) is 12.7. The molecule has 0 heterocycles. The maximum absolute atomic E-state index is 11.7. The topological polar surface area (TPSA) is 26.3 Å². The number of ketones is 1. The standard InChI is InChI=1S/C13H24O2/c1-10(2)8-11(3)15-9-13(14)12-6-4-5-7-12/h10-12H,4-9H2,1-3H3. The summed E-state index contributed by atoms with van der Waals surface area (Å²) in [6.45, 7) is 6.75. The van der Waals surface area contributed by atoms with Crippen molar-refractivity contribution in [2.45, 2.75) is 59.0 Å². The number of rotatable bonds is 6. The van der Waals surface area contributed by atoms with Gasteiger partial charge < -0.3 is 4.74 Å². The molecule has 0 radical (unpaired) electrons. The fourth-order valence-corrected chi connectivity index (χ4v) is 2.32. The minimum atomic E-state index is 0.218. The molecule has 1 aliphatic carbocycles. The smallest absolute Gasteiger partial charge is 0.161 e. The summed E-state index contributed by atoms with van der Waals surface area (Å²) in [6, 6.07) is 0. The summed E-state index contributed by atoms with van der Waals surface area (Å²) in [5.41, 5.74) is 0. The zero-order valence-electron chi connectivity index (χ0n) is 10.3. The van der Waals surface area contributed by atoms with Crippen molar-refractivity contribution in [3.05, 3.63) is 0 Å². The number of carbonyl (C=O) groups excluding carboxylic acids is 1. The van der Waals surface area contributed by atoms with Gasteiger partial charge in [-0.1, -0.05) is 26.7 Å². The van der Waals surface area contributed by atoms with Crippen molar-refractivity contribution in [3.8, 4) is 0 Å². The monoisotopic (exact) mass is 212 g/mol. The molecule has 88 valence electrons. The zero-order chi connectivity index (χ0) is 11.3. The van der Waals surface area contributed by atoms with Crippen molar-refractivity contribution in [1.29, 1.82) is 0 Å². The molecule has 0 aromatic rings. The van der Waals surface area contributed by atoms with Crippen LogP contribution in [0, 0.1) is 11.8 Å². The van der Waals surface area contributed by atoms with Gasteiger partial charge in [-0.25, -0.2) is 0 Å². The molecule has 1 saturated carbocycles. The van der Waals surface area contributed by atoms with Crippen molar-refractivity contribution in [2.24, 2.45) is 11.8 Å². The Labute approximate surface area is 93.4 Å².